The van der Waals surface area contributed by atoms with Gasteiger partial charge in [0.25, 0.3) is 0 Å². The van der Waals surface area contributed by atoms with Crippen LogP contribution < -0.4 is 5.32 Å². The molecule has 2 rings (SSSR count). The molecule has 1 heterocycles. The summed E-state index contributed by atoms with van der Waals surface area (Å²) in [5, 5.41) is 3.67. The Kier molecular flexibility index (Phi) is 6.65. The first-order valence-electron chi connectivity index (χ1n) is 8.06. The predicted octanol–water partition coefficient (Wildman–Crippen LogP) is 4.33. The number of halogens is 2. The Bertz CT molecular complexity index is 452. The van der Waals surface area contributed by atoms with Crippen molar-refractivity contribution in [2.45, 2.75) is 58.2 Å². The number of piperazine rings is 1. The van der Waals surface area contributed by atoms with Gasteiger partial charge in [0.15, 0.2) is 0 Å². The van der Waals surface area contributed by atoms with Crippen LogP contribution in [0.4, 0.5) is 4.39 Å². The first-order chi connectivity index (χ1) is 10.2. The zero-order valence-corrected chi connectivity index (χ0v) is 14.6. The highest BCUT2D eigenvalue weighted by Gasteiger charge is 2.27. The van der Waals surface area contributed by atoms with Crippen LogP contribution in [0.3, 0.4) is 0 Å². The van der Waals surface area contributed by atoms with Gasteiger partial charge in [-0.25, -0.2) is 4.39 Å². The molecule has 4 heteroatoms. The zero-order chi connectivity index (χ0) is 15.2. The van der Waals surface area contributed by atoms with E-state index < -0.39 is 0 Å². The summed E-state index contributed by atoms with van der Waals surface area (Å²) in [7, 11) is 0. The molecule has 1 saturated heterocycles. The number of hydrogen-bond donors (Lipinski definition) is 1. The summed E-state index contributed by atoms with van der Waals surface area (Å²) in [6.45, 7) is 7.39. The molecule has 21 heavy (non-hydrogen) atoms. The molecule has 1 aromatic carbocycles. The number of rotatable bonds is 6. The second-order valence-electron chi connectivity index (χ2n) is 5.98. The lowest BCUT2D eigenvalue weighted by atomic mass is 10.0. The molecule has 0 spiro atoms. The van der Waals surface area contributed by atoms with Gasteiger partial charge in [-0.3, -0.25) is 4.90 Å². The van der Waals surface area contributed by atoms with Crippen LogP contribution in [0.25, 0.3) is 0 Å². The quantitative estimate of drug-likeness (QED) is 0.815. The van der Waals surface area contributed by atoms with Crippen LogP contribution in [0.5, 0.6) is 0 Å². The van der Waals surface area contributed by atoms with Gasteiger partial charge in [-0.1, -0.05) is 38.8 Å². The zero-order valence-electron chi connectivity index (χ0n) is 13.0. The molecule has 1 fully saturated rings. The summed E-state index contributed by atoms with van der Waals surface area (Å²) < 4.78 is 14.3. The number of hydrogen-bond acceptors (Lipinski definition) is 2. The van der Waals surface area contributed by atoms with Crippen LogP contribution in [0.2, 0.25) is 0 Å². The smallest absolute Gasteiger partial charge is 0.137 e. The molecule has 0 bridgehead atoms. The van der Waals surface area contributed by atoms with Crippen molar-refractivity contribution >= 4 is 15.9 Å². The van der Waals surface area contributed by atoms with Gasteiger partial charge in [0.1, 0.15) is 5.82 Å². The maximum Gasteiger partial charge on any atom is 0.137 e. The predicted molar refractivity (Wildman–Crippen MR) is 89.9 cm³/mol. The Balaban J connectivity index is 2.09. The Morgan fingerprint density at radius 1 is 1.29 bits per heavy atom. The molecule has 118 valence electrons. The van der Waals surface area contributed by atoms with Gasteiger partial charge in [-0.2, -0.15) is 0 Å². The molecular weight excluding hydrogens is 331 g/mol. The van der Waals surface area contributed by atoms with Gasteiger partial charge in [0, 0.05) is 31.7 Å². The molecule has 1 aliphatic rings. The third kappa shape index (κ3) is 4.51. The fourth-order valence-corrected chi connectivity index (χ4v) is 3.56. The van der Waals surface area contributed by atoms with E-state index in [-0.39, 0.29) is 5.82 Å². The average molecular weight is 357 g/mol. The van der Waals surface area contributed by atoms with Gasteiger partial charge in [0.05, 0.1) is 4.47 Å². The van der Waals surface area contributed by atoms with Crippen LogP contribution in [0.1, 0.15) is 45.1 Å². The Morgan fingerprint density at radius 3 is 2.76 bits per heavy atom. The van der Waals surface area contributed by atoms with Crippen LogP contribution >= 0.6 is 15.9 Å². The minimum Gasteiger partial charge on any atom is -0.311 e. The van der Waals surface area contributed by atoms with Crippen LogP contribution in [0, 0.1) is 5.82 Å². The van der Waals surface area contributed by atoms with E-state index in [0.717, 1.165) is 25.2 Å². The lowest BCUT2D eigenvalue weighted by Crippen LogP contribution is -2.55. The normalized spacial score (nSPS) is 23.4. The van der Waals surface area contributed by atoms with Crippen LogP contribution in [-0.4, -0.2) is 30.1 Å². The maximum atomic E-state index is 13.7. The van der Waals surface area contributed by atoms with Gasteiger partial charge in [-0.15, -0.1) is 0 Å². The van der Waals surface area contributed by atoms with E-state index >= 15 is 0 Å². The molecule has 0 saturated carbocycles. The van der Waals surface area contributed by atoms with Crippen molar-refractivity contribution in [3.63, 3.8) is 0 Å². The van der Waals surface area contributed by atoms with Crippen molar-refractivity contribution in [3.8, 4) is 0 Å². The first-order valence-corrected chi connectivity index (χ1v) is 8.85. The molecule has 2 unspecified atom stereocenters. The van der Waals surface area contributed by atoms with Crippen molar-refractivity contribution in [3.05, 3.63) is 34.1 Å². The van der Waals surface area contributed by atoms with Crippen LogP contribution in [0.15, 0.2) is 22.7 Å². The van der Waals surface area contributed by atoms with E-state index in [2.05, 4.69) is 40.0 Å². The van der Waals surface area contributed by atoms with Gasteiger partial charge >= 0.3 is 0 Å². The van der Waals surface area contributed by atoms with E-state index in [1.807, 2.05) is 6.07 Å². The fraction of sp³-hybridized carbons (Fsp3) is 0.647. The highest BCUT2D eigenvalue weighted by molar-refractivity contribution is 9.10. The van der Waals surface area contributed by atoms with Crippen molar-refractivity contribution < 1.29 is 4.39 Å². The van der Waals surface area contributed by atoms with Crippen molar-refractivity contribution in [2.75, 3.05) is 13.1 Å². The molecule has 0 aromatic heterocycles. The first kappa shape index (κ1) is 16.9. The lowest BCUT2D eigenvalue weighted by Gasteiger charge is -2.40. The summed E-state index contributed by atoms with van der Waals surface area (Å²) in [5.41, 5.74) is 1.05. The van der Waals surface area contributed by atoms with E-state index in [4.69, 9.17) is 0 Å². The highest BCUT2D eigenvalue weighted by Crippen LogP contribution is 2.24. The minimum absolute atomic E-state index is 0.167. The Morgan fingerprint density at radius 2 is 2.05 bits per heavy atom. The number of nitrogens with one attached hydrogen (secondary N) is 1. The molecular formula is C17H26BrFN2. The molecule has 1 aromatic rings. The van der Waals surface area contributed by atoms with E-state index in [0.29, 0.717) is 16.6 Å². The number of benzene rings is 1. The molecule has 2 atom stereocenters. The average Bonchev–Trinajstić information content (AvgIpc) is 2.47. The van der Waals surface area contributed by atoms with Crippen molar-refractivity contribution in [1.29, 1.82) is 0 Å². The third-order valence-electron chi connectivity index (χ3n) is 4.28. The van der Waals surface area contributed by atoms with Gasteiger partial charge in [-0.05, 0) is 40.4 Å². The second-order valence-corrected chi connectivity index (χ2v) is 6.77. The molecule has 1 N–H and O–H groups in total. The fourth-order valence-electron chi connectivity index (χ4n) is 3.17. The Hall–Kier alpha value is -0.450. The summed E-state index contributed by atoms with van der Waals surface area (Å²) in [6.07, 6.45) is 4.79. The van der Waals surface area contributed by atoms with E-state index in [1.165, 1.54) is 31.7 Å². The van der Waals surface area contributed by atoms with Crippen molar-refractivity contribution in [1.82, 2.24) is 10.2 Å². The second kappa shape index (κ2) is 8.25. The molecule has 1 aliphatic heterocycles. The van der Waals surface area contributed by atoms with Gasteiger partial charge < -0.3 is 5.32 Å². The molecule has 0 radical (unpaired) electrons. The molecule has 2 nitrogen and oxygen atoms in total. The topological polar surface area (TPSA) is 15.3 Å². The highest BCUT2D eigenvalue weighted by atomic mass is 79.9. The van der Waals surface area contributed by atoms with E-state index in [1.54, 1.807) is 6.07 Å². The summed E-state index contributed by atoms with van der Waals surface area (Å²) in [6, 6.07) is 6.45. The third-order valence-corrected chi connectivity index (χ3v) is 5.17. The lowest BCUT2D eigenvalue weighted by molar-refractivity contribution is 0.111. The summed E-state index contributed by atoms with van der Waals surface area (Å²) in [4.78, 5) is 2.53. The molecule has 0 amide bonds. The number of nitrogens with zero attached hydrogens (tertiary/aromatic N) is 1. The minimum atomic E-state index is -0.167. The summed E-state index contributed by atoms with van der Waals surface area (Å²) in [5.74, 6) is -0.167. The summed E-state index contributed by atoms with van der Waals surface area (Å²) >= 11 is 3.39. The largest absolute Gasteiger partial charge is 0.311 e. The van der Waals surface area contributed by atoms with Gasteiger partial charge in [0.2, 0.25) is 0 Å². The van der Waals surface area contributed by atoms with Crippen LogP contribution in [-0.2, 0) is 6.54 Å². The SMILES string of the molecule is CCCC1CN(Cc2cccc(F)c2Br)C(CCC)CN1. The maximum absolute atomic E-state index is 13.7. The standard InChI is InChI=1S/C17H26BrFN2/c1-3-6-14-12-21(15(7-4-2)10-20-14)11-13-8-5-9-16(19)17(13)18/h5,8-9,14-15,20H,3-4,6-7,10-12H2,1-2H3. The molecule has 0 aliphatic carbocycles. The monoisotopic (exact) mass is 356 g/mol. The van der Waals surface area contributed by atoms with Crippen molar-refractivity contribution in [2.24, 2.45) is 0 Å². The van der Waals surface area contributed by atoms with E-state index in [9.17, 15) is 4.39 Å². The Labute approximate surface area is 136 Å².